The monoisotopic (exact) mass is 294 g/mol. The molecule has 1 aliphatic carbocycles. The first-order chi connectivity index (χ1) is 9.24. The van der Waals surface area contributed by atoms with Crippen molar-refractivity contribution in [2.45, 2.75) is 25.3 Å². The van der Waals surface area contributed by atoms with Crippen LogP contribution in [0, 0.1) is 0 Å². The zero-order valence-electron chi connectivity index (χ0n) is 10.6. The highest BCUT2D eigenvalue weighted by Gasteiger charge is 2.27. The van der Waals surface area contributed by atoms with E-state index in [0.717, 1.165) is 28.3 Å². The highest BCUT2D eigenvalue weighted by molar-refractivity contribution is 7.16. The largest absolute Gasteiger partial charge is 0.373 e. The Kier molecular flexibility index (Phi) is 3.57. The second kappa shape index (κ2) is 5.35. The Morgan fingerprint density at radius 1 is 1.32 bits per heavy atom. The number of nitrogens with one attached hydrogen (secondary N) is 2. The number of aromatic nitrogens is 2. The molecule has 0 aliphatic heterocycles. The van der Waals surface area contributed by atoms with Crippen LogP contribution in [0.25, 0.3) is 0 Å². The molecule has 0 spiro atoms. The highest BCUT2D eigenvalue weighted by Crippen LogP contribution is 2.38. The number of halogens is 1. The maximum atomic E-state index is 5.92. The van der Waals surface area contributed by atoms with Crippen molar-refractivity contribution < 1.29 is 0 Å². The van der Waals surface area contributed by atoms with Gasteiger partial charge in [-0.3, -0.25) is 0 Å². The van der Waals surface area contributed by atoms with Crippen LogP contribution in [0.4, 0.5) is 11.6 Å². The van der Waals surface area contributed by atoms with Crippen LogP contribution in [0.15, 0.2) is 18.2 Å². The van der Waals surface area contributed by atoms with Gasteiger partial charge in [-0.05, 0) is 25.0 Å². The van der Waals surface area contributed by atoms with Gasteiger partial charge in [-0.25, -0.2) is 9.97 Å². The van der Waals surface area contributed by atoms with E-state index in [-0.39, 0.29) is 0 Å². The fraction of sp³-hybridized carbons (Fsp3) is 0.385. The topological polar surface area (TPSA) is 49.8 Å². The van der Waals surface area contributed by atoms with Crippen molar-refractivity contribution in [2.75, 3.05) is 17.7 Å². The van der Waals surface area contributed by atoms with Crippen molar-refractivity contribution in [3.63, 3.8) is 0 Å². The molecule has 2 heterocycles. The first-order valence-corrected chi connectivity index (χ1v) is 7.49. The summed E-state index contributed by atoms with van der Waals surface area (Å²) in [7, 11) is 1.88. The molecule has 0 radical (unpaired) electrons. The standard InChI is InChI=1S/C13H15ClN4S/c1-15-11-6-12(18-13(17-11)8-2-3-8)16-7-9-4-5-10(14)19-9/h4-6,8H,2-3,7H2,1H3,(H2,15,16,17,18). The lowest BCUT2D eigenvalue weighted by Crippen LogP contribution is -2.05. The minimum absolute atomic E-state index is 0.546. The lowest BCUT2D eigenvalue weighted by atomic mass is 10.3. The predicted octanol–water partition coefficient (Wildman–Crippen LogP) is 3.72. The summed E-state index contributed by atoms with van der Waals surface area (Å²) in [5, 5.41) is 6.42. The average Bonchev–Trinajstić information content (AvgIpc) is 3.19. The summed E-state index contributed by atoms with van der Waals surface area (Å²) in [6.07, 6.45) is 2.40. The van der Waals surface area contributed by atoms with Gasteiger partial charge < -0.3 is 10.6 Å². The highest BCUT2D eigenvalue weighted by atomic mass is 35.5. The normalized spacial score (nSPS) is 14.4. The molecule has 1 fully saturated rings. The number of hydrogen-bond donors (Lipinski definition) is 2. The molecule has 19 heavy (non-hydrogen) atoms. The smallest absolute Gasteiger partial charge is 0.136 e. The average molecular weight is 295 g/mol. The first kappa shape index (κ1) is 12.7. The molecule has 0 saturated heterocycles. The Bertz CT molecular complexity index is 580. The summed E-state index contributed by atoms with van der Waals surface area (Å²) in [5.41, 5.74) is 0. The second-order valence-electron chi connectivity index (χ2n) is 4.58. The van der Waals surface area contributed by atoms with E-state index in [0.29, 0.717) is 5.92 Å². The van der Waals surface area contributed by atoms with Gasteiger partial charge in [0.2, 0.25) is 0 Å². The van der Waals surface area contributed by atoms with Gasteiger partial charge in [0.1, 0.15) is 17.5 Å². The van der Waals surface area contributed by atoms with Crippen LogP contribution in [-0.4, -0.2) is 17.0 Å². The Labute approximate surface area is 121 Å². The molecule has 1 aliphatic rings. The van der Waals surface area contributed by atoms with E-state index in [2.05, 4.69) is 20.6 Å². The summed E-state index contributed by atoms with van der Waals surface area (Å²) in [5.74, 6) is 3.22. The lowest BCUT2D eigenvalue weighted by molar-refractivity contribution is 0.924. The summed E-state index contributed by atoms with van der Waals surface area (Å²) in [6, 6.07) is 5.88. The summed E-state index contributed by atoms with van der Waals surface area (Å²) < 4.78 is 0.814. The molecule has 100 valence electrons. The van der Waals surface area contributed by atoms with E-state index < -0.39 is 0 Å². The lowest BCUT2D eigenvalue weighted by Gasteiger charge is -2.08. The number of rotatable bonds is 5. The summed E-state index contributed by atoms with van der Waals surface area (Å²) in [6.45, 7) is 0.738. The number of thiophene rings is 1. The quantitative estimate of drug-likeness (QED) is 0.882. The van der Waals surface area contributed by atoms with Crippen LogP contribution in [0.5, 0.6) is 0 Å². The van der Waals surface area contributed by atoms with Gasteiger partial charge in [-0.2, -0.15) is 0 Å². The van der Waals surface area contributed by atoms with Crippen LogP contribution < -0.4 is 10.6 Å². The second-order valence-corrected chi connectivity index (χ2v) is 6.38. The van der Waals surface area contributed by atoms with Gasteiger partial charge in [0, 0.05) is 23.9 Å². The molecule has 0 unspecified atom stereocenters. The zero-order chi connectivity index (χ0) is 13.2. The maximum Gasteiger partial charge on any atom is 0.136 e. The Morgan fingerprint density at radius 3 is 2.74 bits per heavy atom. The summed E-state index contributed by atoms with van der Waals surface area (Å²) in [4.78, 5) is 10.3. The van der Waals surface area contributed by atoms with Gasteiger partial charge in [0.25, 0.3) is 0 Å². The molecule has 3 rings (SSSR count). The maximum absolute atomic E-state index is 5.92. The zero-order valence-corrected chi connectivity index (χ0v) is 12.2. The fourth-order valence-corrected chi connectivity index (χ4v) is 2.86. The molecule has 1 saturated carbocycles. The van der Waals surface area contributed by atoms with Gasteiger partial charge in [0.05, 0.1) is 10.9 Å². The molecule has 0 aromatic carbocycles. The Hall–Kier alpha value is -1.33. The molecule has 2 aromatic heterocycles. The van der Waals surface area contributed by atoms with Crippen LogP contribution in [0.3, 0.4) is 0 Å². The molecular formula is C13H15ClN4S. The van der Waals surface area contributed by atoms with E-state index in [1.54, 1.807) is 11.3 Å². The minimum atomic E-state index is 0.546. The van der Waals surface area contributed by atoms with E-state index in [1.165, 1.54) is 17.7 Å². The summed E-state index contributed by atoms with van der Waals surface area (Å²) >= 11 is 7.50. The molecule has 0 atom stereocenters. The van der Waals surface area contributed by atoms with Crippen LogP contribution in [0.2, 0.25) is 4.34 Å². The Morgan fingerprint density at radius 2 is 2.11 bits per heavy atom. The van der Waals surface area contributed by atoms with Gasteiger partial charge >= 0.3 is 0 Å². The van der Waals surface area contributed by atoms with E-state index >= 15 is 0 Å². The van der Waals surface area contributed by atoms with E-state index in [9.17, 15) is 0 Å². The third kappa shape index (κ3) is 3.16. The molecule has 6 heteroatoms. The molecule has 2 aromatic rings. The van der Waals surface area contributed by atoms with Crippen LogP contribution >= 0.6 is 22.9 Å². The number of hydrogen-bond acceptors (Lipinski definition) is 5. The molecule has 2 N–H and O–H groups in total. The Balaban J connectivity index is 1.74. The minimum Gasteiger partial charge on any atom is -0.373 e. The van der Waals surface area contributed by atoms with Crippen molar-refractivity contribution in [2.24, 2.45) is 0 Å². The number of anilines is 2. The van der Waals surface area contributed by atoms with Crippen LogP contribution in [0.1, 0.15) is 29.5 Å². The van der Waals surface area contributed by atoms with Crippen molar-refractivity contribution >= 4 is 34.6 Å². The molecule has 4 nitrogen and oxygen atoms in total. The fourth-order valence-electron chi connectivity index (χ4n) is 1.83. The van der Waals surface area contributed by atoms with E-state index in [4.69, 9.17) is 11.6 Å². The molecule has 0 bridgehead atoms. The van der Waals surface area contributed by atoms with Gasteiger partial charge in [-0.15, -0.1) is 11.3 Å². The molecular weight excluding hydrogens is 280 g/mol. The first-order valence-electron chi connectivity index (χ1n) is 6.29. The van der Waals surface area contributed by atoms with Crippen molar-refractivity contribution in [3.05, 3.63) is 33.2 Å². The van der Waals surface area contributed by atoms with Crippen molar-refractivity contribution in [1.29, 1.82) is 0 Å². The molecule has 0 amide bonds. The number of nitrogens with zero attached hydrogens (tertiary/aromatic N) is 2. The van der Waals surface area contributed by atoms with Gasteiger partial charge in [0.15, 0.2) is 0 Å². The van der Waals surface area contributed by atoms with E-state index in [1.807, 2.05) is 25.2 Å². The SMILES string of the molecule is CNc1cc(NCc2ccc(Cl)s2)nc(C2CC2)n1. The van der Waals surface area contributed by atoms with Crippen molar-refractivity contribution in [3.8, 4) is 0 Å². The van der Waals surface area contributed by atoms with Crippen LogP contribution in [-0.2, 0) is 6.54 Å². The van der Waals surface area contributed by atoms with Gasteiger partial charge in [-0.1, -0.05) is 11.6 Å². The third-order valence-electron chi connectivity index (χ3n) is 3.01. The third-order valence-corrected chi connectivity index (χ3v) is 4.25. The predicted molar refractivity (Wildman–Crippen MR) is 80.2 cm³/mol. The van der Waals surface area contributed by atoms with Crippen molar-refractivity contribution in [1.82, 2.24) is 9.97 Å².